The van der Waals surface area contributed by atoms with Crippen molar-refractivity contribution in [2.75, 3.05) is 33.0 Å². The first-order chi connectivity index (χ1) is 12.6. The number of benzene rings is 2. The van der Waals surface area contributed by atoms with E-state index in [1.54, 1.807) is 18.9 Å². The number of thioether (sulfide) groups is 1. The molecule has 1 aliphatic heterocycles. The summed E-state index contributed by atoms with van der Waals surface area (Å²) in [6, 6.07) is 15.7. The fraction of sp³-hybridized carbons (Fsp3) is 0.350. The van der Waals surface area contributed by atoms with Crippen molar-refractivity contribution in [1.29, 1.82) is 0 Å². The number of amides is 1. The van der Waals surface area contributed by atoms with E-state index in [-0.39, 0.29) is 11.3 Å². The second-order valence-electron chi connectivity index (χ2n) is 6.36. The van der Waals surface area contributed by atoms with Gasteiger partial charge in [0.05, 0.1) is 13.7 Å². The molecule has 1 unspecified atom stereocenters. The summed E-state index contributed by atoms with van der Waals surface area (Å²) in [4.78, 5) is 16.8. The van der Waals surface area contributed by atoms with Gasteiger partial charge in [0.15, 0.2) is 0 Å². The van der Waals surface area contributed by atoms with E-state index in [9.17, 15) is 4.79 Å². The SMILES string of the molecule is COc1cccc(CN(C)CC(=O)N2CCSC2c2ccccc2Cl)c1. The summed E-state index contributed by atoms with van der Waals surface area (Å²) >= 11 is 8.11. The molecule has 0 aliphatic carbocycles. The molecular formula is C20H23ClN2O2S. The molecule has 0 spiro atoms. The predicted molar refractivity (Wildman–Crippen MR) is 108 cm³/mol. The molecule has 0 aromatic heterocycles. The summed E-state index contributed by atoms with van der Waals surface area (Å²) in [5.41, 5.74) is 2.14. The first-order valence-corrected chi connectivity index (χ1v) is 9.98. The van der Waals surface area contributed by atoms with E-state index in [2.05, 4.69) is 0 Å². The number of methoxy groups -OCH3 is 1. The molecule has 26 heavy (non-hydrogen) atoms. The maximum atomic E-state index is 12.9. The van der Waals surface area contributed by atoms with Gasteiger partial charge in [0.1, 0.15) is 11.1 Å². The standard InChI is InChI=1S/C20H23ClN2O2S/c1-22(13-15-6-5-7-16(12-15)25-2)14-19(24)23-10-11-26-20(23)17-8-3-4-9-18(17)21/h3-9,12,20H,10-11,13-14H2,1-2H3. The van der Waals surface area contributed by atoms with E-state index < -0.39 is 0 Å². The van der Waals surface area contributed by atoms with Crippen molar-refractivity contribution in [2.24, 2.45) is 0 Å². The van der Waals surface area contributed by atoms with Crippen molar-refractivity contribution in [1.82, 2.24) is 9.80 Å². The second kappa shape index (κ2) is 8.80. The van der Waals surface area contributed by atoms with Crippen molar-refractivity contribution in [3.63, 3.8) is 0 Å². The molecule has 3 rings (SSSR count). The molecule has 0 N–H and O–H groups in total. The van der Waals surface area contributed by atoms with Crippen LogP contribution in [0.25, 0.3) is 0 Å². The third-order valence-corrected chi connectivity index (χ3v) is 5.96. The van der Waals surface area contributed by atoms with Crippen LogP contribution in [0.5, 0.6) is 5.75 Å². The first kappa shape index (κ1) is 19.1. The largest absolute Gasteiger partial charge is 0.497 e. The molecular weight excluding hydrogens is 368 g/mol. The van der Waals surface area contributed by atoms with Crippen LogP contribution in [0.15, 0.2) is 48.5 Å². The zero-order chi connectivity index (χ0) is 18.5. The van der Waals surface area contributed by atoms with Gasteiger partial charge in [-0.15, -0.1) is 11.8 Å². The van der Waals surface area contributed by atoms with Crippen LogP contribution < -0.4 is 4.74 Å². The van der Waals surface area contributed by atoms with Crippen LogP contribution in [0, 0.1) is 0 Å². The minimum Gasteiger partial charge on any atom is -0.497 e. The number of halogens is 1. The maximum absolute atomic E-state index is 12.9. The predicted octanol–water partition coefficient (Wildman–Crippen LogP) is 4.05. The quantitative estimate of drug-likeness (QED) is 0.744. The lowest BCUT2D eigenvalue weighted by atomic mass is 10.2. The number of hydrogen-bond donors (Lipinski definition) is 0. The molecule has 4 nitrogen and oxygen atoms in total. The number of carbonyl (C=O) groups is 1. The molecule has 0 bridgehead atoms. The number of ether oxygens (including phenoxy) is 1. The summed E-state index contributed by atoms with van der Waals surface area (Å²) in [7, 11) is 3.62. The second-order valence-corrected chi connectivity index (χ2v) is 7.95. The Morgan fingerprint density at radius 2 is 2.12 bits per heavy atom. The lowest BCUT2D eigenvalue weighted by Gasteiger charge is -2.27. The summed E-state index contributed by atoms with van der Waals surface area (Å²) < 4.78 is 5.26. The zero-order valence-electron chi connectivity index (χ0n) is 15.0. The van der Waals surface area contributed by atoms with Crippen LogP contribution >= 0.6 is 23.4 Å². The van der Waals surface area contributed by atoms with Gasteiger partial charge >= 0.3 is 0 Å². The Bertz CT molecular complexity index is 771. The number of nitrogens with zero attached hydrogens (tertiary/aromatic N) is 2. The number of rotatable bonds is 6. The normalized spacial score (nSPS) is 16.9. The molecule has 6 heteroatoms. The highest BCUT2D eigenvalue weighted by molar-refractivity contribution is 7.99. The molecule has 1 saturated heterocycles. The fourth-order valence-corrected chi connectivity index (χ4v) is 4.74. The molecule has 138 valence electrons. The molecule has 1 heterocycles. The van der Waals surface area contributed by atoms with E-state index in [1.807, 2.05) is 65.4 Å². The van der Waals surface area contributed by atoms with Crippen LogP contribution in [0.2, 0.25) is 5.02 Å². The molecule has 1 fully saturated rings. The Labute approximate surface area is 164 Å². The highest BCUT2D eigenvalue weighted by Gasteiger charge is 2.32. The van der Waals surface area contributed by atoms with Gasteiger partial charge < -0.3 is 9.64 Å². The summed E-state index contributed by atoms with van der Waals surface area (Å²) in [6.07, 6.45) is 0. The van der Waals surface area contributed by atoms with Gasteiger partial charge in [-0.3, -0.25) is 9.69 Å². The third-order valence-electron chi connectivity index (χ3n) is 4.37. The molecule has 0 radical (unpaired) electrons. The summed E-state index contributed by atoms with van der Waals surface area (Å²) in [5, 5.41) is 0.718. The van der Waals surface area contributed by atoms with Crippen molar-refractivity contribution in [3.8, 4) is 5.75 Å². The van der Waals surface area contributed by atoms with Gasteiger partial charge in [0, 0.05) is 29.4 Å². The van der Waals surface area contributed by atoms with E-state index >= 15 is 0 Å². The summed E-state index contributed by atoms with van der Waals surface area (Å²) in [5.74, 6) is 1.89. The van der Waals surface area contributed by atoms with E-state index in [0.29, 0.717) is 13.1 Å². The molecule has 0 saturated carbocycles. The van der Waals surface area contributed by atoms with Gasteiger partial charge in [0.25, 0.3) is 0 Å². The van der Waals surface area contributed by atoms with Crippen molar-refractivity contribution >= 4 is 29.3 Å². The topological polar surface area (TPSA) is 32.8 Å². The monoisotopic (exact) mass is 390 g/mol. The lowest BCUT2D eigenvalue weighted by Crippen LogP contribution is -2.38. The van der Waals surface area contributed by atoms with Crippen LogP contribution in [-0.4, -0.2) is 48.7 Å². The van der Waals surface area contributed by atoms with Gasteiger partial charge in [-0.25, -0.2) is 0 Å². The van der Waals surface area contributed by atoms with Crippen molar-refractivity contribution in [2.45, 2.75) is 11.9 Å². The lowest BCUT2D eigenvalue weighted by molar-refractivity contribution is -0.132. The molecule has 2 aromatic rings. The average molecular weight is 391 g/mol. The zero-order valence-corrected chi connectivity index (χ0v) is 16.6. The van der Waals surface area contributed by atoms with E-state index in [4.69, 9.17) is 16.3 Å². The highest BCUT2D eigenvalue weighted by Crippen LogP contribution is 2.40. The molecule has 1 atom stereocenters. The van der Waals surface area contributed by atoms with E-state index in [0.717, 1.165) is 34.2 Å². The Hall–Kier alpha value is -1.69. The van der Waals surface area contributed by atoms with Crippen molar-refractivity contribution < 1.29 is 9.53 Å². The third kappa shape index (κ3) is 4.53. The molecule has 2 aromatic carbocycles. The Balaban J connectivity index is 1.64. The smallest absolute Gasteiger partial charge is 0.237 e. The maximum Gasteiger partial charge on any atom is 0.237 e. The van der Waals surface area contributed by atoms with Crippen LogP contribution in [0.4, 0.5) is 0 Å². The number of carbonyl (C=O) groups excluding carboxylic acids is 1. The number of hydrogen-bond acceptors (Lipinski definition) is 4. The number of likely N-dealkylation sites (N-methyl/N-ethyl adjacent to an activating group) is 1. The Kier molecular flexibility index (Phi) is 6.46. The van der Waals surface area contributed by atoms with Gasteiger partial charge in [0.2, 0.25) is 5.91 Å². The summed E-state index contributed by atoms with van der Waals surface area (Å²) in [6.45, 7) is 1.83. The van der Waals surface area contributed by atoms with Gasteiger partial charge in [-0.05, 0) is 30.8 Å². The molecule has 1 aliphatic rings. The minimum atomic E-state index is 0.00131. The Morgan fingerprint density at radius 3 is 2.88 bits per heavy atom. The van der Waals surface area contributed by atoms with Crippen LogP contribution in [0.1, 0.15) is 16.5 Å². The highest BCUT2D eigenvalue weighted by atomic mass is 35.5. The minimum absolute atomic E-state index is 0.00131. The van der Waals surface area contributed by atoms with Crippen molar-refractivity contribution in [3.05, 3.63) is 64.7 Å². The van der Waals surface area contributed by atoms with Gasteiger partial charge in [-0.2, -0.15) is 0 Å². The first-order valence-electron chi connectivity index (χ1n) is 8.55. The molecule has 1 amide bonds. The van der Waals surface area contributed by atoms with Crippen LogP contribution in [0.3, 0.4) is 0 Å². The van der Waals surface area contributed by atoms with Gasteiger partial charge in [-0.1, -0.05) is 41.9 Å². The Morgan fingerprint density at radius 1 is 1.31 bits per heavy atom. The average Bonchev–Trinajstić information content (AvgIpc) is 3.11. The fourth-order valence-electron chi connectivity index (χ4n) is 3.12. The van der Waals surface area contributed by atoms with E-state index in [1.165, 1.54) is 0 Å². The van der Waals surface area contributed by atoms with Crippen LogP contribution in [-0.2, 0) is 11.3 Å².